The molecular formula is C50H58N20O11. The Morgan fingerprint density at radius 1 is 0.444 bits per heavy atom. The van der Waals surface area contributed by atoms with Crippen LogP contribution in [0.2, 0.25) is 0 Å². The van der Waals surface area contributed by atoms with Crippen LogP contribution in [0.15, 0.2) is 67.8 Å². The maximum absolute atomic E-state index is 13.3. The number of nitrogens with zero attached hydrogens (tertiary/aromatic N) is 11. The summed E-state index contributed by atoms with van der Waals surface area (Å²) in [6.07, 6.45) is 12.6. The number of anilines is 9. The van der Waals surface area contributed by atoms with Gasteiger partial charge in [-0.3, -0.25) is 48.5 Å². The molecule has 1 saturated carbocycles. The van der Waals surface area contributed by atoms with Gasteiger partial charge in [0.15, 0.2) is 23.3 Å². The number of carbonyl (C=O) groups excluding carboxylic acids is 9. The Hall–Kier alpha value is -10.6. The monoisotopic (exact) mass is 1110 g/mol. The maximum Gasteiger partial charge on any atom is 0.372 e. The highest BCUT2D eigenvalue weighted by atomic mass is 16.4. The van der Waals surface area contributed by atoms with Gasteiger partial charge in [0, 0.05) is 150 Å². The highest BCUT2D eigenvalue weighted by Gasteiger charge is 2.46. The van der Waals surface area contributed by atoms with Crippen molar-refractivity contribution in [3.63, 3.8) is 0 Å². The van der Waals surface area contributed by atoms with Gasteiger partial charge < -0.3 is 79.6 Å². The number of carboxylic acids is 1. The van der Waals surface area contributed by atoms with Crippen LogP contribution < -0.4 is 47.9 Å². The number of carboxylic acid groups (broad SMARTS) is 1. The zero-order valence-electron chi connectivity index (χ0n) is 45.0. The molecule has 1 aliphatic carbocycles. The third-order valence-corrected chi connectivity index (χ3v) is 12.8. The molecule has 9 amide bonds. The third kappa shape index (κ3) is 14.3. The van der Waals surface area contributed by atoms with Gasteiger partial charge in [-0.2, -0.15) is 4.98 Å². The lowest BCUT2D eigenvalue weighted by Gasteiger charge is -2.14. The number of aromatic nitrogens is 11. The van der Waals surface area contributed by atoms with Crippen LogP contribution in [0.5, 0.6) is 0 Å². The summed E-state index contributed by atoms with van der Waals surface area (Å²) in [5.74, 6) is -4.65. The summed E-state index contributed by atoms with van der Waals surface area (Å²) >= 11 is 0. The minimum absolute atomic E-state index is 0.0155. The fourth-order valence-electron chi connectivity index (χ4n) is 8.54. The van der Waals surface area contributed by atoms with E-state index in [-0.39, 0.29) is 96.7 Å². The Bertz CT molecular complexity index is 3650. The number of amides is 9. The molecular weight excluding hydrogens is 1060 g/mol. The molecule has 8 rings (SSSR count). The summed E-state index contributed by atoms with van der Waals surface area (Å²) in [7, 11) is 11.3. The normalized spacial score (nSPS) is 12.2. The highest BCUT2D eigenvalue weighted by molar-refractivity contribution is 6.06. The molecule has 0 spiro atoms. The summed E-state index contributed by atoms with van der Waals surface area (Å²) in [6.45, 7) is 0. The Labute approximate surface area is 459 Å². The van der Waals surface area contributed by atoms with E-state index in [2.05, 4.69) is 67.8 Å². The standard InChI is InChI=1S/C50H58N20O11/c1-64-15-14-51-42(64)46(78)53-28-17-34(66(3)22-28)61-38(73)10-9-37(72)55-31-24-68(5)43(57-31)47(79)54-29-18-35(67(4)23-29)62-41(76)20-50(12-13-50)19-40(75)56-32-26-70(7)49(60-32)63-39(74)11-8-36(71)52-27-16-30(65(2)21-27)45(77)59-33-25-69(6)44(58-33)48(80)81/h14-18,21-26H,8-13,19-20H2,1-7H3,(H,52,71)(H,53,78)(H,54,79)(H,55,72)(H,56,75)(H,59,77)(H,61,73)(H,62,76)(H,80,81)(H,60,63,74). The van der Waals surface area contributed by atoms with Gasteiger partial charge in [0.05, 0.1) is 17.1 Å². The summed E-state index contributed by atoms with van der Waals surface area (Å²) in [5, 5.41) is 33.3. The zero-order chi connectivity index (χ0) is 58.4. The predicted octanol–water partition coefficient (Wildman–Crippen LogP) is 2.94. The van der Waals surface area contributed by atoms with E-state index in [4.69, 9.17) is 0 Å². The van der Waals surface area contributed by atoms with Crippen molar-refractivity contribution in [1.82, 2.24) is 51.9 Å². The largest absolute Gasteiger partial charge is 0.475 e. The lowest BCUT2D eigenvalue weighted by molar-refractivity contribution is -0.121. The average molecular weight is 1120 g/mol. The second-order valence-electron chi connectivity index (χ2n) is 19.5. The molecule has 31 nitrogen and oxygen atoms in total. The fourth-order valence-corrected chi connectivity index (χ4v) is 8.54. The SMILES string of the molecule is Cn1cc(NC(=O)c2nccn2C)cc1NC(=O)CCC(=O)Nc1cn(C)c(C(=O)Nc2cc(NC(=O)CC3(CC(=O)Nc4cn(C)c(NC(=O)CCC(=O)Nc5cc(C(=O)Nc6cn(C)c(C(=O)O)n6)n(C)c5)n4)CC3)n(C)c2)n1. The quantitative estimate of drug-likeness (QED) is 0.0440. The van der Waals surface area contributed by atoms with Crippen molar-refractivity contribution < 1.29 is 53.1 Å². The van der Waals surface area contributed by atoms with Crippen molar-refractivity contribution in [3.05, 3.63) is 90.9 Å². The van der Waals surface area contributed by atoms with Gasteiger partial charge in [-0.15, -0.1) is 0 Å². The van der Waals surface area contributed by atoms with Crippen LogP contribution in [-0.2, 0) is 78.1 Å². The molecule has 0 radical (unpaired) electrons. The first-order chi connectivity index (χ1) is 38.4. The Morgan fingerprint density at radius 3 is 1.47 bits per heavy atom. The van der Waals surface area contributed by atoms with E-state index in [9.17, 15) is 53.1 Å². The van der Waals surface area contributed by atoms with Crippen molar-refractivity contribution >= 4 is 111 Å². The zero-order valence-corrected chi connectivity index (χ0v) is 45.0. The number of rotatable bonds is 23. The molecule has 0 unspecified atom stereocenters. The second kappa shape index (κ2) is 23.5. The van der Waals surface area contributed by atoms with Gasteiger partial charge in [0.2, 0.25) is 53.0 Å². The van der Waals surface area contributed by atoms with E-state index < -0.39 is 58.6 Å². The minimum Gasteiger partial charge on any atom is -0.475 e. The van der Waals surface area contributed by atoms with E-state index >= 15 is 0 Å². The molecule has 0 aliphatic heterocycles. The van der Waals surface area contributed by atoms with Gasteiger partial charge in [0.1, 0.15) is 17.3 Å². The first-order valence-electron chi connectivity index (χ1n) is 24.9. The predicted molar refractivity (Wildman–Crippen MR) is 291 cm³/mol. The minimum atomic E-state index is -1.26. The lowest BCUT2D eigenvalue weighted by Crippen LogP contribution is -2.23. The maximum atomic E-state index is 13.3. The molecule has 0 saturated heterocycles. The van der Waals surface area contributed by atoms with Gasteiger partial charge in [-0.1, -0.05) is 0 Å². The number of aryl methyl sites for hydroxylation is 7. The van der Waals surface area contributed by atoms with Crippen LogP contribution in [0.4, 0.5) is 52.1 Å². The van der Waals surface area contributed by atoms with E-state index in [1.165, 1.54) is 62.4 Å². The average Bonchev–Trinajstić information content (AvgIpc) is 4.17. The topological polar surface area (TPSA) is 385 Å². The van der Waals surface area contributed by atoms with E-state index in [0.717, 1.165) is 0 Å². The number of nitrogens with one attached hydrogen (secondary N) is 9. The number of imidazole rings is 4. The van der Waals surface area contributed by atoms with Gasteiger partial charge in [-0.25, -0.2) is 19.7 Å². The van der Waals surface area contributed by atoms with E-state index in [1.54, 1.807) is 86.7 Å². The van der Waals surface area contributed by atoms with Crippen LogP contribution in [0.1, 0.15) is 93.7 Å². The first-order valence-corrected chi connectivity index (χ1v) is 24.9. The molecule has 424 valence electrons. The molecule has 1 fully saturated rings. The summed E-state index contributed by atoms with van der Waals surface area (Å²) in [4.78, 5) is 144. The van der Waals surface area contributed by atoms with Gasteiger partial charge >= 0.3 is 5.97 Å². The molecule has 31 heteroatoms. The van der Waals surface area contributed by atoms with Gasteiger partial charge in [-0.05, 0) is 24.3 Å². The molecule has 0 aromatic carbocycles. The highest BCUT2D eigenvalue weighted by Crippen LogP contribution is 2.52. The van der Waals surface area contributed by atoms with Crippen LogP contribution in [-0.4, -0.2) is 116 Å². The van der Waals surface area contributed by atoms with Crippen LogP contribution >= 0.6 is 0 Å². The molecule has 1 aliphatic rings. The Morgan fingerprint density at radius 2 is 0.901 bits per heavy atom. The van der Waals surface area contributed by atoms with Crippen LogP contribution in [0, 0.1) is 5.41 Å². The molecule has 10 N–H and O–H groups in total. The van der Waals surface area contributed by atoms with Crippen molar-refractivity contribution in [2.45, 2.75) is 51.4 Å². The van der Waals surface area contributed by atoms with Gasteiger partial charge in [0.25, 0.3) is 17.7 Å². The number of carbonyl (C=O) groups is 10. The summed E-state index contributed by atoms with van der Waals surface area (Å²) in [6, 6.07) is 4.53. The van der Waals surface area contributed by atoms with Crippen molar-refractivity contribution in [1.29, 1.82) is 0 Å². The smallest absolute Gasteiger partial charge is 0.372 e. The lowest BCUT2D eigenvalue weighted by atomic mass is 9.97. The summed E-state index contributed by atoms with van der Waals surface area (Å²) in [5.41, 5.74) is 0.591. The van der Waals surface area contributed by atoms with E-state index in [1.807, 2.05) is 0 Å². The molecule has 81 heavy (non-hydrogen) atoms. The molecule has 0 bridgehead atoms. The van der Waals surface area contributed by atoms with Crippen molar-refractivity contribution in [3.8, 4) is 0 Å². The molecule has 7 heterocycles. The van der Waals surface area contributed by atoms with Crippen molar-refractivity contribution in [2.24, 2.45) is 54.7 Å². The molecule has 0 atom stereocenters. The Balaban J connectivity index is 0.734. The van der Waals surface area contributed by atoms with Crippen molar-refractivity contribution in [2.75, 3.05) is 47.9 Å². The first kappa shape index (κ1) is 56.6. The fraction of sp³-hybridized carbons (Fsp3) is 0.320. The molecule has 7 aromatic rings. The number of hydrogen-bond acceptors (Lipinski definition) is 14. The second-order valence-corrected chi connectivity index (χ2v) is 19.5. The third-order valence-electron chi connectivity index (χ3n) is 12.8. The van der Waals surface area contributed by atoms with Crippen LogP contribution in [0.3, 0.4) is 0 Å². The number of aromatic carboxylic acids is 1. The van der Waals surface area contributed by atoms with E-state index in [0.29, 0.717) is 35.9 Å². The number of hydrogen-bond donors (Lipinski definition) is 10. The molecule has 7 aromatic heterocycles. The van der Waals surface area contributed by atoms with Crippen LogP contribution in [0.25, 0.3) is 0 Å². The summed E-state index contributed by atoms with van der Waals surface area (Å²) < 4.78 is 10.4. The Kier molecular flexibility index (Phi) is 16.4.